The summed E-state index contributed by atoms with van der Waals surface area (Å²) < 4.78 is 23.9. The monoisotopic (exact) mass is 587 g/mol. The van der Waals surface area contributed by atoms with Gasteiger partial charge in [-0.05, 0) is 32.1 Å². The molecule has 2 N–H and O–H groups in total. The first kappa shape index (κ1) is 32.9. The lowest BCUT2D eigenvalue weighted by Gasteiger charge is -2.71. The maximum Gasteiger partial charge on any atom is 0.307 e. The number of ether oxygens (including phenoxy) is 4. The molecule has 1 unspecified atom stereocenters. The van der Waals surface area contributed by atoms with Crippen molar-refractivity contribution in [1.29, 1.82) is 0 Å². The van der Waals surface area contributed by atoms with E-state index in [1.54, 1.807) is 13.8 Å². The molecular weight excluding hydrogens is 542 g/mol. The van der Waals surface area contributed by atoms with Crippen LogP contribution in [0.3, 0.4) is 0 Å². The Labute approximate surface area is 243 Å². The van der Waals surface area contributed by atoms with Gasteiger partial charge in [0, 0.05) is 44.3 Å². The molecule has 10 nitrogen and oxygen atoms in total. The van der Waals surface area contributed by atoms with Crippen LogP contribution in [-0.2, 0) is 33.3 Å². The van der Waals surface area contributed by atoms with Crippen LogP contribution in [0, 0.1) is 16.7 Å². The topological polar surface area (TPSA) is 132 Å². The summed E-state index contributed by atoms with van der Waals surface area (Å²) in [5.41, 5.74) is -7.36. The molecule has 8 atom stereocenters. The van der Waals surface area contributed by atoms with Crippen molar-refractivity contribution in [3.05, 3.63) is 12.7 Å². The molecule has 0 aromatic heterocycles. The van der Waals surface area contributed by atoms with Crippen LogP contribution in [0.1, 0.15) is 67.2 Å². The summed E-state index contributed by atoms with van der Waals surface area (Å²) in [6.45, 7) is 17.0. The quantitative estimate of drug-likeness (QED) is 0.352. The Kier molecular flexibility index (Phi) is 9.28. The van der Waals surface area contributed by atoms with Gasteiger partial charge in [-0.15, -0.1) is 19.0 Å². The molecular formula is C29H46ClNO9. The van der Waals surface area contributed by atoms with E-state index in [9.17, 15) is 24.6 Å². The van der Waals surface area contributed by atoms with Gasteiger partial charge in [-0.25, -0.2) is 0 Å². The van der Waals surface area contributed by atoms with Gasteiger partial charge in [0.25, 0.3) is 0 Å². The highest BCUT2D eigenvalue weighted by Crippen LogP contribution is 2.67. The summed E-state index contributed by atoms with van der Waals surface area (Å²) >= 11 is 0. The number of nitrogens with zero attached hydrogens (tertiary/aromatic N) is 1. The normalized spacial score (nSPS) is 43.0. The zero-order chi connectivity index (χ0) is 29.0. The number of carbonyl (C=O) groups excluding carboxylic acids is 3. The van der Waals surface area contributed by atoms with Gasteiger partial charge in [0.15, 0.2) is 17.5 Å². The van der Waals surface area contributed by atoms with E-state index in [1.165, 1.54) is 19.9 Å². The Morgan fingerprint density at radius 3 is 2.35 bits per heavy atom. The van der Waals surface area contributed by atoms with E-state index in [4.69, 9.17) is 18.9 Å². The largest absolute Gasteiger partial charge is 0.458 e. The number of hydrogen-bond acceptors (Lipinski definition) is 10. The average molecular weight is 588 g/mol. The molecule has 0 amide bonds. The molecule has 228 valence electrons. The third-order valence-corrected chi connectivity index (χ3v) is 10.00. The van der Waals surface area contributed by atoms with E-state index in [-0.39, 0.29) is 25.2 Å². The van der Waals surface area contributed by atoms with Crippen LogP contribution >= 0.6 is 12.4 Å². The molecule has 4 aliphatic rings. The molecule has 0 bridgehead atoms. The summed E-state index contributed by atoms with van der Waals surface area (Å²) in [6, 6.07) is 0. The highest BCUT2D eigenvalue weighted by molar-refractivity contribution is 5.92. The summed E-state index contributed by atoms with van der Waals surface area (Å²) in [5.74, 6) is -2.43. The van der Waals surface area contributed by atoms with Crippen molar-refractivity contribution in [1.82, 2.24) is 4.90 Å². The first-order valence-electron chi connectivity index (χ1n) is 14.0. The maximum atomic E-state index is 14.0. The fourth-order valence-electron chi connectivity index (χ4n) is 8.03. The highest BCUT2D eigenvalue weighted by Gasteiger charge is 2.82. The Balaban J connectivity index is 0.00000441. The van der Waals surface area contributed by atoms with Gasteiger partial charge in [-0.1, -0.05) is 26.8 Å². The molecule has 0 aromatic carbocycles. The number of ketones is 1. The Morgan fingerprint density at radius 1 is 1.15 bits per heavy atom. The smallest absolute Gasteiger partial charge is 0.307 e. The lowest BCUT2D eigenvalue weighted by molar-refractivity contribution is -0.371. The number of rotatable bonds is 6. The number of esters is 2. The molecule has 4 fully saturated rings. The Morgan fingerprint density at radius 2 is 1.77 bits per heavy atom. The summed E-state index contributed by atoms with van der Waals surface area (Å²) in [4.78, 5) is 42.0. The maximum absolute atomic E-state index is 14.0. The number of halogens is 1. The molecule has 2 aliphatic heterocycles. The van der Waals surface area contributed by atoms with Crippen LogP contribution in [-0.4, -0.2) is 101 Å². The van der Waals surface area contributed by atoms with Crippen molar-refractivity contribution >= 4 is 30.1 Å². The minimum Gasteiger partial charge on any atom is -0.458 e. The Bertz CT molecular complexity index is 1020. The number of fused-ring (bicyclic) bond motifs is 3. The van der Waals surface area contributed by atoms with Gasteiger partial charge in [-0.3, -0.25) is 19.3 Å². The molecule has 0 spiro atoms. The number of aliphatic hydroxyl groups is 2. The van der Waals surface area contributed by atoms with Gasteiger partial charge in [-0.2, -0.15) is 0 Å². The third kappa shape index (κ3) is 5.02. The molecule has 0 radical (unpaired) electrons. The van der Waals surface area contributed by atoms with Crippen LogP contribution in [0.5, 0.6) is 0 Å². The Hall–Kier alpha value is -1.56. The number of carbonyl (C=O) groups is 3. The van der Waals surface area contributed by atoms with E-state index in [0.717, 1.165) is 0 Å². The van der Waals surface area contributed by atoms with E-state index in [2.05, 4.69) is 11.5 Å². The second-order valence-electron chi connectivity index (χ2n) is 13.0. The van der Waals surface area contributed by atoms with Crippen molar-refractivity contribution in [3.63, 3.8) is 0 Å². The predicted octanol–water partition coefficient (Wildman–Crippen LogP) is 2.21. The minimum absolute atomic E-state index is 0. The summed E-state index contributed by atoms with van der Waals surface area (Å²) in [7, 11) is 0. The predicted molar refractivity (Wildman–Crippen MR) is 148 cm³/mol. The van der Waals surface area contributed by atoms with E-state index in [0.29, 0.717) is 45.7 Å². The van der Waals surface area contributed by atoms with Crippen LogP contribution in [0.25, 0.3) is 0 Å². The lowest BCUT2D eigenvalue weighted by Crippen LogP contribution is -2.87. The van der Waals surface area contributed by atoms with E-state index >= 15 is 0 Å². The van der Waals surface area contributed by atoms with Crippen LogP contribution in [0.2, 0.25) is 0 Å². The molecule has 40 heavy (non-hydrogen) atoms. The number of morpholine rings is 1. The first-order valence-corrected chi connectivity index (χ1v) is 14.0. The number of hydrogen-bond donors (Lipinski definition) is 2. The molecule has 2 saturated heterocycles. The van der Waals surface area contributed by atoms with Crippen LogP contribution in [0.15, 0.2) is 12.7 Å². The zero-order valence-electron chi connectivity index (χ0n) is 24.6. The van der Waals surface area contributed by atoms with Crippen molar-refractivity contribution < 1.29 is 43.5 Å². The zero-order valence-corrected chi connectivity index (χ0v) is 25.4. The van der Waals surface area contributed by atoms with Crippen molar-refractivity contribution in [2.24, 2.45) is 16.7 Å². The first-order chi connectivity index (χ1) is 18.1. The van der Waals surface area contributed by atoms with Crippen molar-refractivity contribution in [2.75, 3.05) is 32.8 Å². The molecule has 2 heterocycles. The van der Waals surface area contributed by atoms with Crippen molar-refractivity contribution in [3.8, 4) is 0 Å². The highest BCUT2D eigenvalue weighted by atomic mass is 35.5. The standard InChI is InChI=1S/C29H45NO9.ClH/c1-8-26(5)17-20(33)29(35)27(6)19(32)9-11-25(3,4)23(27)22(24(37-18(2)31)28(29,7)39-26)38-21(34)10-12-30-13-15-36-16-14-30;/h8,19,22-24,32,35H,1,9-17H2,2-7H3;1H/t19?,22-,23-,24-,26-,27-,28+,29-;/m0./s1. The summed E-state index contributed by atoms with van der Waals surface area (Å²) in [6.07, 6.45) is -1.22. The molecule has 11 heteroatoms. The van der Waals surface area contributed by atoms with E-state index < -0.39 is 69.6 Å². The van der Waals surface area contributed by atoms with Gasteiger partial charge < -0.3 is 29.2 Å². The van der Waals surface area contributed by atoms with Gasteiger partial charge >= 0.3 is 11.9 Å². The minimum atomic E-state index is -2.25. The third-order valence-electron chi connectivity index (χ3n) is 10.00. The second kappa shape index (κ2) is 11.3. The van der Waals surface area contributed by atoms with E-state index in [1.807, 2.05) is 13.8 Å². The lowest BCUT2D eigenvalue weighted by atomic mass is 9.39. The summed E-state index contributed by atoms with van der Waals surface area (Å²) in [5, 5.41) is 24.2. The van der Waals surface area contributed by atoms with Gasteiger partial charge in [0.1, 0.15) is 11.7 Å². The SMILES string of the molecule is C=C[C@@]1(C)CC(=O)[C@]2(O)[C@@]3(C)C(O)CCC(C)(C)[C@@H]3[C@H](OC(=O)CCN3CCOCC3)[C@H](OC(C)=O)[C@@]2(C)O1.Cl. The fourth-order valence-corrected chi connectivity index (χ4v) is 8.03. The number of aliphatic hydroxyl groups excluding tert-OH is 1. The van der Waals surface area contributed by atoms with Gasteiger partial charge in [0.05, 0.1) is 31.3 Å². The molecule has 2 aliphatic carbocycles. The van der Waals surface area contributed by atoms with Crippen LogP contribution in [0.4, 0.5) is 0 Å². The molecule has 4 rings (SSSR count). The second-order valence-corrected chi connectivity index (χ2v) is 13.0. The molecule has 2 saturated carbocycles. The average Bonchev–Trinajstić information content (AvgIpc) is 2.86. The molecule has 0 aromatic rings. The van der Waals surface area contributed by atoms with Crippen molar-refractivity contribution in [2.45, 2.75) is 102 Å². The van der Waals surface area contributed by atoms with Crippen LogP contribution < -0.4 is 0 Å². The van der Waals surface area contributed by atoms with Gasteiger partial charge in [0.2, 0.25) is 0 Å². The fraction of sp³-hybridized carbons (Fsp3) is 0.828. The number of Topliss-reactive ketones (excluding diaryl/α,β-unsaturated/α-hetero) is 1.